The van der Waals surface area contributed by atoms with Gasteiger partial charge in [0.05, 0.1) is 13.0 Å². The maximum Gasteiger partial charge on any atom is 0.229 e. The molecule has 0 aromatic heterocycles. The molecular formula is C13H16ClNO2. The zero-order valence-electron chi connectivity index (χ0n) is 9.86. The minimum absolute atomic E-state index is 0.108. The Morgan fingerprint density at radius 1 is 1.47 bits per heavy atom. The van der Waals surface area contributed by atoms with Gasteiger partial charge in [-0.2, -0.15) is 0 Å². The molecule has 1 atom stereocenters. The molecule has 0 saturated carbocycles. The Morgan fingerprint density at radius 2 is 2.18 bits per heavy atom. The summed E-state index contributed by atoms with van der Waals surface area (Å²) >= 11 is 5.80. The molecule has 1 aromatic carbocycles. The largest absolute Gasteiger partial charge is 0.359 e. The monoisotopic (exact) mass is 253 g/mol. The molecule has 1 heterocycles. The number of ether oxygens (including phenoxy) is 1. The van der Waals surface area contributed by atoms with Crippen LogP contribution in [0.25, 0.3) is 0 Å². The first-order valence-corrected chi connectivity index (χ1v) is 6.20. The molecule has 1 aliphatic rings. The Hall–Kier alpha value is -1.06. The Labute approximate surface area is 106 Å². The van der Waals surface area contributed by atoms with Gasteiger partial charge in [-0.05, 0) is 31.0 Å². The number of amides is 1. The smallest absolute Gasteiger partial charge is 0.229 e. The van der Waals surface area contributed by atoms with Crippen LogP contribution in [0.2, 0.25) is 5.02 Å². The summed E-state index contributed by atoms with van der Waals surface area (Å²) in [6.07, 6.45) is 1.21. The van der Waals surface area contributed by atoms with Crippen molar-refractivity contribution in [2.75, 3.05) is 13.2 Å². The van der Waals surface area contributed by atoms with E-state index < -0.39 is 0 Å². The van der Waals surface area contributed by atoms with Gasteiger partial charge in [-0.25, -0.2) is 0 Å². The minimum atomic E-state index is -0.108. The fraction of sp³-hybridized carbons (Fsp3) is 0.462. The molecule has 92 valence electrons. The van der Waals surface area contributed by atoms with Crippen LogP contribution in [0.4, 0.5) is 0 Å². The number of hydrogen-bond acceptors (Lipinski definition) is 2. The van der Waals surface area contributed by atoms with Crippen molar-refractivity contribution in [3.05, 3.63) is 34.9 Å². The predicted molar refractivity (Wildman–Crippen MR) is 66.9 cm³/mol. The van der Waals surface area contributed by atoms with Crippen LogP contribution in [0, 0.1) is 0 Å². The highest BCUT2D eigenvalue weighted by Gasteiger charge is 2.23. The average Bonchev–Trinajstić information content (AvgIpc) is 2.32. The van der Waals surface area contributed by atoms with E-state index in [9.17, 15) is 4.79 Å². The van der Waals surface area contributed by atoms with Crippen LogP contribution in [0.1, 0.15) is 18.9 Å². The molecule has 1 unspecified atom stereocenters. The number of hydrogen-bond donors (Lipinski definition) is 0. The van der Waals surface area contributed by atoms with Crippen molar-refractivity contribution >= 4 is 17.5 Å². The third kappa shape index (κ3) is 3.20. The standard InChI is InChI=1S/C13H16ClNO2/c1-10-15(7-2-8-17-10)13(16)9-11-3-5-12(14)6-4-11/h3-6,10H,2,7-9H2,1H3. The minimum Gasteiger partial charge on any atom is -0.359 e. The Kier molecular flexibility index (Phi) is 4.02. The summed E-state index contributed by atoms with van der Waals surface area (Å²) in [4.78, 5) is 13.9. The summed E-state index contributed by atoms with van der Waals surface area (Å²) in [6, 6.07) is 7.38. The molecule has 1 aliphatic heterocycles. The lowest BCUT2D eigenvalue weighted by Crippen LogP contribution is -2.45. The first kappa shape index (κ1) is 12.4. The second kappa shape index (κ2) is 5.52. The SMILES string of the molecule is CC1OCCCN1C(=O)Cc1ccc(Cl)cc1. The second-order valence-electron chi connectivity index (χ2n) is 4.21. The molecule has 1 saturated heterocycles. The quantitative estimate of drug-likeness (QED) is 0.810. The summed E-state index contributed by atoms with van der Waals surface area (Å²) < 4.78 is 5.45. The van der Waals surface area contributed by atoms with Gasteiger partial charge >= 0.3 is 0 Å². The highest BCUT2D eigenvalue weighted by atomic mass is 35.5. The van der Waals surface area contributed by atoms with Gasteiger partial charge in [0.15, 0.2) is 0 Å². The fourth-order valence-corrected chi connectivity index (χ4v) is 2.09. The number of rotatable bonds is 2. The van der Waals surface area contributed by atoms with Crippen molar-refractivity contribution in [1.29, 1.82) is 0 Å². The maximum absolute atomic E-state index is 12.1. The van der Waals surface area contributed by atoms with Gasteiger partial charge in [0.1, 0.15) is 6.23 Å². The molecule has 1 fully saturated rings. The molecule has 4 heteroatoms. The summed E-state index contributed by atoms with van der Waals surface area (Å²) in [5.41, 5.74) is 0.983. The predicted octanol–water partition coefficient (Wildman–Crippen LogP) is 2.48. The fourth-order valence-electron chi connectivity index (χ4n) is 1.97. The van der Waals surface area contributed by atoms with Crippen molar-refractivity contribution in [2.45, 2.75) is 26.0 Å². The van der Waals surface area contributed by atoms with Crippen molar-refractivity contribution in [1.82, 2.24) is 4.90 Å². The van der Waals surface area contributed by atoms with Gasteiger partial charge in [0, 0.05) is 11.6 Å². The van der Waals surface area contributed by atoms with E-state index in [-0.39, 0.29) is 12.1 Å². The Bertz CT molecular complexity index is 391. The van der Waals surface area contributed by atoms with Gasteiger partial charge in [0.25, 0.3) is 0 Å². The molecule has 0 spiro atoms. The van der Waals surface area contributed by atoms with Crippen LogP contribution in [-0.2, 0) is 16.0 Å². The van der Waals surface area contributed by atoms with E-state index in [2.05, 4.69) is 0 Å². The Morgan fingerprint density at radius 3 is 2.82 bits per heavy atom. The first-order chi connectivity index (χ1) is 8.16. The van der Waals surface area contributed by atoms with Crippen LogP contribution in [-0.4, -0.2) is 30.2 Å². The molecule has 1 aromatic rings. The average molecular weight is 254 g/mol. The number of carbonyl (C=O) groups excluding carboxylic acids is 1. The highest BCUT2D eigenvalue weighted by Crippen LogP contribution is 2.14. The van der Waals surface area contributed by atoms with Crippen molar-refractivity contribution in [2.24, 2.45) is 0 Å². The van der Waals surface area contributed by atoms with Crippen molar-refractivity contribution in [3.8, 4) is 0 Å². The Balaban J connectivity index is 1.98. The third-order valence-corrected chi connectivity index (χ3v) is 3.18. The zero-order chi connectivity index (χ0) is 12.3. The van der Waals surface area contributed by atoms with Gasteiger partial charge < -0.3 is 9.64 Å². The summed E-state index contributed by atoms with van der Waals surface area (Å²) in [6.45, 7) is 3.44. The number of benzene rings is 1. The molecule has 3 nitrogen and oxygen atoms in total. The highest BCUT2D eigenvalue weighted by molar-refractivity contribution is 6.30. The molecule has 0 aliphatic carbocycles. The van der Waals surface area contributed by atoms with Crippen LogP contribution < -0.4 is 0 Å². The maximum atomic E-state index is 12.1. The van der Waals surface area contributed by atoms with E-state index >= 15 is 0 Å². The van der Waals surface area contributed by atoms with Gasteiger partial charge in [-0.15, -0.1) is 0 Å². The topological polar surface area (TPSA) is 29.5 Å². The third-order valence-electron chi connectivity index (χ3n) is 2.93. The number of carbonyl (C=O) groups is 1. The lowest BCUT2D eigenvalue weighted by molar-refractivity contribution is -0.151. The molecule has 0 radical (unpaired) electrons. The van der Waals surface area contributed by atoms with Crippen molar-refractivity contribution in [3.63, 3.8) is 0 Å². The number of halogens is 1. The molecule has 1 amide bonds. The van der Waals surface area contributed by atoms with Crippen molar-refractivity contribution < 1.29 is 9.53 Å². The first-order valence-electron chi connectivity index (χ1n) is 5.82. The van der Waals surface area contributed by atoms with E-state index in [1.54, 1.807) is 17.0 Å². The zero-order valence-corrected chi connectivity index (χ0v) is 10.6. The van der Waals surface area contributed by atoms with E-state index in [4.69, 9.17) is 16.3 Å². The second-order valence-corrected chi connectivity index (χ2v) is 4.65. The van der Waals surface area contributed by atoms with Crippen LogP contribution in [0.3, 0.4) is 0 Å². The molecule has 17 heavy (non-hydrogen) atoms. The summed E-state index contributed by atoms with van der Waals surface area (Å²) in [7, 11) is 0. The van der Waals surface area contributed by atoms with Gasteiger partial charge in [-0.3, -0.25) is 4.79 Å². The number of nitrogens with zero attached hydrogens (tertiary/aromatic N) is 1. The molecule has 2 rings (SSSR count). The van der Waals surface area contributed by atoms with E-state index in [0.29, 0.717) is 11.4 Å². The van der Waals surface area contributed by atoms with E-state index in [1.807, 2.05) is 19.1 Å². The summed E-state index contributed by atoms with van der Waals surface area (Å²) in [5, 5.41) is 0.691. The lowest BCUT2D eigenvalue weighted by atomic mass is 10.1. The van der Waals surface area contributed by atoms with Crippen LogP contribution >= 0.6 is 11.6 Å². The molecular weight excluding hydrogens is 238 g/mol. The van der Waals surface area contributed by atoms with E-state index in [1.165, 1.54) is 0 Å². The van der Waals surface area contributed by atoms with Crippen LogP contribution in [0.15, 0.2) is 24.3 Å². The molecule has 0 N–H and O–H groups in total. The van der Waals surface area contributed by atoms with Crippen LogP contribution in [0.5, 0.6) is 0 Å². The molecule has 0 bridgehead atoms. The van der Waals surface area contributed by atoms with Gasteiger partial charge in [-0.1, -0.05) is 23.7 Å². The summed E-state index contributed by atoms with van der Waals surface area (Å²) in [5.74, 6) is 0.111. The van der Waals surface area contributed by atoms with E-state index in [0.717, 1.165) is 25.1 Å². The normalized spacial score (nSPS) is 20.4. The van der Waals surface area contributed by atoms with Gasteiger partial charge in [0.2, 0.25) is 5.91 Å². The lowest BCUT2D eigenvalue weighted by Gasteiger charge is -2.33.